The van der Waals surface area contributed by atoms with Gasteiger partial charge < -0.3 is 14.7 Å². The Morgan fingerprint density at radius 1 is 1.00 bits per heavy atom. The van der Waals surface area contributed by atoms with Crippen molar-refractivity contribution in [1.29, 1.82) is 0 Å². The highest BCUT2D eigenvalue weighted by Crippen LogP contribution is 2.20. The highest BCUT2D eigenvalue weighted by Gasteiger charge is 2.24. The van der Waals surface area contributed by atoms with E-state index in [1.165, 1.54) is 18.9 Å². The number of benzene rings is 1. The minimum Gasteiger partial charge on any atom is -0.353 e. The van der Waals surface area contributed by atoms with E-state index in [0.29, 0.717) is 37.3 Å². The van der Waals surface area contributed by atoms with Gasteiger partial charge in [0.25, 0.3) is 5.91 Å². The molecule has 0 N–H and O–H groups in total. The van der Waals surface area contributed by atoms with E-state index in [9.17, 15) is 9.18 Å². The number of halogens is 1. The monoisotopic (exact) mass is 369 g/mol. The Balaban J connectivity index is 1.40. The molecule has 27 heavy (non-hydrogen) atoms. The van der Waals surface area contributed by atoms with Crippen LogP contribution in [0.1, 0.15) is 28.8 Å². The van der Waals surface area contributed by atoms with Crippen LogP contribution >= 0.6 is 0 Å². The molecular weight excluding hydrogens is 345 g/mol. The smallest absolute Gasteiger partial charge is 0.254 e. The number of rotatable bonds is 3. The highest BCUT2D eigenvalue weighted by atomic mass is 19.1. The van der Waals surface area contributed by atoms with Crippen LogP contribution in [0.15, 0.2) is 30.5 Å². The third-order valence-corrected chi connectivity index (χ3v) is 5.33. The van der Waals surface area contributed by atoms with Gasteiger partial charge in [0.1, 0.15) is 11.6 Å². The second-order valence-electron chi connectivity index (χ2n) is 7.15. The van der Waals surface area contributed by atoms with Crippen molar-refractivity contribution in [3.05, 3.63) is 47.4 Å². The molecule has 2 fully saturated rings. The van der Waals surface area contributed by atoms with Crippen molar-refractivity contribution in [3.63, 3.8) is 0 Å². The summed E-state index contributed by atoms with van der Waals surface area (Å²) in [7, 11) is 0. The van der Waals surface area contributed by atoms with Crippen LogP contribution in [0.3, 0.4) is 0 Å². The zero-order chi connectivity index (χ0) is 18.8. The Kier molecular flexibility index (Phi) is 4.92. The number of anilines is 2. The van der Waals surface area contributed by atoms with E-state index >= 15 is 0 Å². The number of hydrogen-bond acceptors (Lipinski definition) is 5. The van der Waals surface area contributed by atoms with Crippen LogP contribution in [0, 0.1) is 12.7 Å². The first-order valence-electron chi connectivity index (χ1n) is 9.50. The van der Waals surface area contributed by atoms with Crippen molar-refractivity contribution >= 4 is 17.7 Å². The van der Waals surface area contributed by atoms with Gasteiger partial charge in [-0.2, -0.15) is 4.98 Å². The fraction of sp³-hybridized carbons (Fsp3) is 0.450. The van der Waals surface area contributed by atoms with E-state index < -0.39 is 0 Å². The normalized spacial score (nSPS) is 17.5. The number of aromatic nitrogens is 2. The molecule has 1 amide bonds. The molecule has 0 aliphatic carbocycles. The molecule has 4 rings (SSSR count). The SMILES string of the molecule is Cc1ccc(C(=O)N2CCN(c3ccnc(N4CCCC4)n3)CC2)cc1F. The largest absolute Gasteiger partial charge is 0.353 e. The molecule has 1 aromatic heterocycles. The third-order valence-electron chi connectivity index (χ3n) is 5.33. The van der Waals surface area contributed by atoms with E-state index in [2.05, 4.69) is 14.8 Å². The van der Waals surface area contributed by atoms with E-state index in [-0.39, 0.29) is 11.7 Å². The lowest BCUT2D eigenvalue weighted by Gasteiger charge is -2.35. The zero-order valence-electron chi connectivity index (χ0n) is 15.6. The molecule has 2 aliphatic heterocycles. The quantitative estimate of drug-likeness (QED) is 0.832. The van der Waals surface area contributed by atoms with Gasteiger partial charge in [0.2, 0.25) is 5.95 Å². The Morgan fingerprint density at radius 2 is 1.74 bits per heavy atom. The molecule has 2 saturated heterocycles. The van der Waals surface area contributed by atoms with Crippen LogP contribution < -0.4 is 9.80 Å². The lowest BCUT2D eigenvalue weighted by molar-refractivity contribution is 0.0746. The molecule has 0 atom stereocenters. The van der Waals surface area contributed by atoms with E-state index in [4.69, 9.17) is 4.98 Å². The Hall–Kier alpha value is -2.70. The van der Waals surface area contributed by atoms with Gasteiger partial charge in [-0.25, -0.2) is 9.37 Å². The van der Waals surface area contributed by atoms with Crippen LogP contribution in [-0.2, 0) is 0 Å². The lowest BCUT2D eigenvalue weighted by atomic mass is 10.1. The van der Waals surface area contributed by atoms with Gasteiger partial charge in [0, 0.05) is 51.0 Å². The van der Waals surface area contributed by atoms with Crippen LogP contribution in [0.4, 0.5) is 16.2 Å². The van der Waals surface area contributed by atoms with Crippen LogP contribution in [0.2, 0.25) is 0 Å². The third kappa shape index (κ3) is 3.72. The van der Waals surface area contributed by atoms with Gasteiger partial charge in [-0.3, -0.25) is 4.79 Å². The summed E-state index contributed by atoms with van der Waals surface area (Å²) in [4.78, 5) is 27.9. The Bertz CT molecular complexity index is 829. The van der Waals surface area contributed by atoms with Crippen molar-refractivity contribution in [2.75, 3.05) is 49.1 Å². The fourth-order valence-electron chi connectivity index (χ4n) is 3.63. The Labute approximate surface area is 158 Å². The van der Waals surface area contributed by atoms with Crippen LogP contribution in [0.5, 0.6) is 0 Å². The summed E-state index contributed by atoms with van der Waals surface area (Å²) >= 11 is 0. The first-order chi connectivity index (χ1) is 13.1. The van der Waals surface area contributed by atoms with Crippen molar-refractivity contribution in [2.45, 2.75) is 19.8 Å². The van der Waals surface area contributed by atoms with Gasteiger partial charge >= 0.3 is 0 Å². The van der Waals surface area contributed by atoms with Gasteiger partial charge in [0.15, 0.2) is 0 Å². The summed E-state index contributed by atoms with van der Waals surface area (Å²) in [6, 6.07) is 6.60. The second-order valence-corrected chi connectivity index (χ2v) is 7.15. The molecule has 0 radical (unpaired) electrons. The maximum absolute atomic E-state index is 13.8. The molecule has 7 heteroatoms. The molecule has 6 nitrogen and oxygen atoms in total. The van der Waals surface area contributed by atoms with Crippen LogP contribution in [0.25, 0.3) is 0 Å². The van der Waals surface area contributed by atoms with E-state index in [0.717, 1.165) is 24.9 Å². The molecule has 2 aliphatic rings. The number of hydrogen-bond donors (Lipinski definition) is 0. The molecule has 0 saturated carbocycles. The summed E-state index contributed by atoms with van der Waals surface area (Å²) in [6.45, 7) is 6.32. The summed E-state index contributed by atoms with van der Waals surface area (Å²) in [6.07, 6.45) is 4.19. The predicted molar refractivity (Wildman–Crippen MR) is 103 cm³/mol. The van der Waals surface area contributed by atoms with Gasteiger partial charge in [0.05, 0.1) is 0 Å². The fourth-order valence-corrected chi connectivity index (χ4v) is 3.63. The number of aryl methyl sites for hydroxylation is 1. The zero-order valence-corrected chi connectivity index (χ0v) is 15.6. The minimum absolute atomic E-state index is 0.117. The number of amides is 1. The van der Waals surface area contributed by atoms with Crippen molar-refractivity contribution < 1.29 is 9.18 Å². The number of carbonyl (C=O) groups is 1. The lowest BCUT2D eigenvalue weighted by Crippen LogP contribution is -2.49. The molecule has 0 bridgehead atoms. The number of carbonyl (C=O) groups excluding carboxylic acids is 1. The van der Waals surface area contributed by atoms with E-state index in [1.54, 1.807) is 24.0 Å². The summed E-state index contributed by atoms with van der Waals surface area (Å²) in [5, 5.41) is 0. The second kappa shape index (κ2) is 7.50. The molecular formula is C20H24FN5O. The molecule has 0 unspecified atom stereocenters. The molecule has 0 spiro atoms. The highest BCUT2D eigenvalue weighted by molar-refractivity contribution is 5.94. The summed E-state index contributed by atoms with van der Waals surface area (Å²) < 4.78 is 13.8. The van der Waals surface area contributed by atoms with Crippen molar-refractivity contribution in [2.24, 2.45) is 0 Å². The average molecular weight is 369 g/mol. The molecule has 1 aromatic carbocycles. The van der Waals surface area contributed by atoms with Gasteiger partial charge in [-0.1, -0.05) is 6.07 Å². The topological polar surface area (TPSA) is 52.6 Å². The molecule has 142 valence electrons. The van der Waals surface area contributed by atoms with Crippen molar-refractivity contribution in [1.82, 2.24) is 14.9 Å². The predicted octanol–water partition coefficient (Wildman–Crippen LogP) is 2.49. The number of piperazine rings is 1. The number of nitrogens with zero attached hydrogens (tertiary/aromatic N) is 5. The first-order valence-corrected chi connectivity index (χ1v) is 9.50. The standard InChI is InChI=1S/C20H24FN5O/c1-15-4-5-16(14-17(15)21)19(27)25-12-10-24(11-13-25)18-6-7-22-20(23-18)26-8-2-3-9-26/h4-7,14H,2-3,8-13H2,1H3. The maximum Gasteiger partial charge on any atom is 0.254 e. The van der Waals surface area contributed by atoms with Gasteiger partial charge in [-0.15, -0.1) is 0 Å². The maximum atomic E-state index is 13.8. The summed E-state index contributed by atoms with van der Waals surface area (Å²) in [5.74, 6) is 1.24. The van der Waals surface area contributed by atoms with Crippen LogP contribution in [-0.4, -0.2) is 60.0 Å². The minimum atomic E-state index is -0.338. The average Bonchev–Trinajstić information content (AvgIpc) is 3.25. The summed E-state index contributed by atoms with van der Waals surface area (Å²) in [5.41, 5.74) is 0.957. The molecule has 3 heterocycles. The first kappa shape index (κ1) is 17.7. The van der Waals surface area contributed by atoms with Gasteiger partial charge in [-0.05, 0) is 43.5 Å². The van der Waals surface area contributed by atoms with E-state index in [1.807, 2.05) is 12.3 Å². The Morgan fingerprint density at radius 3 is 2.44 bits per heavy atom. The molecule has 2 aromatic rings. The van der Waals surface area contributed by atoms with Crippen molar-refractivity contribution in [3.8, 4) is 0 Å².